The number of fused-ring (bicyclic) bond motifs is 1. The number of imidazole rings is 1. The number of anilines is 1. The van der Waals surface area contributed by atoms with Gasteiger partial charge in [-0.3, -0.25) is 4.79 Å². The minimum absolute atomic E-state index is 0.218. The molecule has 2 aromatic rings. The van der Waals surface area contributed by atoms with Crippen LogP contribution in [0, 0.1) is 3.57 Å². The van der Waals surface area contributed by atoms with Crippen LogP contribution in [-0.4, -0.2) is 22.1 Å². The van der Waals surface area contributed by atoms with E-state index in [1.54, 1.807) is 6.92 Å². The number of aryl methyl sites for hydroxylation is 1. The van der Waals surface area contributed by atoms with Gasteiger partial charge in [0.05, 0.1) is 24.1 Å². The van der Waals surface area contributed by atoms with Crippen molar-refractivity contribution in [2.45, 2.75) is 19.9 Å². The highest BCUT2D eigenvalue weighted by atomic mass is 127. The van der Waals surface area contributed by atoms with Gasteiger partial charge in [0.15, 0.2) is 0 Å². The van der Waals surface area contributed by atoms with E-state index in [0.717, 1.165) is 14.6 Å². The number of halogens is 1. The van der Waals surface area contributed by atoms with E-state index < -0.39 is 0 Å². The molecule has 18 heavy (non-hydrogen) atoms. The molecule has 0 spiro atoms. The molecule has 6 heteroatoms. The molecule has 0 fully saturated rings. The van der Waals surface area contributed by atoms with Crippen LogP contribution in [0.2, 0.25) is 0 Å². The summed E-state index contributed by atoms with van der Waals surface area (Å²) in [4.78, 5) is 15.6. The number of aromatic nitrogens is 2. The molecule has 0 saturated heterocycles. The topological polar surface area (TPSA) is 70.1 Å². The van der Waals surface area contributed by atoms with Crippen molar-refractivity contribution >= 4 is 45.5 Å². The number of hydrogen-bond acceptors (Lipinski definition) is 4. The van der Waals surface area contributed by atoms with Crippen molar-refractivity contribution < 1.29 is 9.53 Å². The highest BCUT2D eigenvalue weighted by molar-refractivity contribution is 14.1. The average molecular weight is 359 g/mol. The molecule has 0 radical (unpaired) electrons. The van der Waals surface area contributed by atoms with E-state index in [-0.39, 0.29) is 5.97 Å². The number of ether oxygens (including phenoxy) is 1. The van der Waals surface area contributed by atoms with E-state index in [0.29, 0.717) is 25.5 Å². The molecular weight excluding hydrogens is 345 g/mol. The molecule has 2 rings (SSSR count). The number of benzene rings is 1. The van der Waals surface area contributed by atoms with Crippen LogP contribution in [0.15, 0.2) is 18.2 Å². The van der Waals surface area contributed by atoms with Gasteiger partial charge in [-0.1, -0.05) is 0 Å². The van der Waals surface area contributed by atoms with E-state index >= 15 is 0 Å². The van der Waals surface area contributed by atoms with Gasteiger partial charge in [-0.15, -0.1) is 0 Å². The molecule has 1 aromatic heterocycles. The molecule has 1 heterocycles. The Morgan fingerprint density at radius 3 is 3.06 bits per heavy atom. The Balaban J connectivity index is 2.22. The first kappa shape index (κ1) is 13.1. The van der Waals surface area contributed by atoms with E-state index in [2.05, 4.69) is 27.6 Å². The first-order valence-corrected chi connectivity index (χ1v) is 6.76. The smallest absolute Gasteiger partial charge is 0.307 e. The number of nitrogens with two attached hydrogens (primary N) is 1. The number of esters is 1. The van der Waals surface area contributed by atoms with Crippen LogP contribution in [0.5, 0.6) is 0 Å². The summed E-state index contributed by atoms with van der Waals surface area (Å²) in [6.45, 7) is 2.68. The maximum atomic E-state index is 11.3. The van der Waals surface area contributed by atoms with E-state index in [1.807, 2.05) is 22.8 Å². The maximum absolute atomic E-state index is 11.3. The summed E-state index contributed by atoms with van der Waals surface area (Å²) in [6, 6.07) is 5.92. The molecule has 0 unspecified atom stereocenters. The Morgan fingerprint density at radius 2 is 2.33 bits per heavy atom. The lowest BCUT2D eigenvalue weighted by Crippen LogP contribution is -2.10. The monoisotopic (exact) mass is 359 g/mol. The molecule has 0 bridgehead atoms. The summed E-state index contributed by atoms with van der Waals surface area (Å²) in [5, 5.41) is 0. The van der Waals surface area contributed by atoms with E-state index in [9.17, 15) is 4.79 Å². The maximum Gasteiger partial charge on any atom is 0.307 e. The number of hydrogen-bond donors (Lipinski definition) is 1. The molecule has 2 N–H and O–H groups in total. The van der Waals surface area contributed by atoms with Gasteiger partial charge >= 0.3 is 5.97 Å². The third-order valence-electron chi connectivity index (χ3n) is 2.58. The summed E-state index contributed by atoms with van der Waals surface area (Å²) in [5.74, 6) is 0.209. The van der Waals surface area contributed by atoms with Gasteiger partial charge in [0, 0.05) is 10.1 Å². The Bertz CT molecular complexity index is 580. The number of carbonyl (C=O) groups excluding carboxylic acids is 1. The van der Waals surface area contributed by atoms with Crippen molar-refractivity contribution in [2.75, 3.05) is 12.3 Å². The SMILES string of the molecule is CCOC(=O)CCn1c(N)nc2cc(I)ccc21. The lowest BCUT2D eigenvalue weighted by atomic mass is 10.3. The lowest BCUT2D eigenvalue weighted by Gasteiger charge is -2.06. The Hall–Kier alpha value is -1.31. The molecule has 1 aromatic carbocycles. The Kier molecular flexibility index (Phi) is 4.05. The Morgan fingerprint density at radius 1 is 1.56 bits per heavy atom. The second-order valence-electron chi connectivity index (χ2n) is 3.81. The molecule has 0 aliphatic carbocycles. The molecule has 0 amide bonds. The third-order valence-corrected chi connectivity index (χ3v) is 3.26. The van der Waals surface area contributed by atoms with Crippen molar-refractivity contribution in [3.8, 4) is 0 Å². The predicted octanol–water partition coefficient (Wildman–Crippen LogP) is 2.18. The van der Waals surface area contributed by atoms with Crippen LogP contribution < -0.4 is 5.73 Å². The predicted molar refractivity (Wildman–Crippen MR) is 78.1 cm³/mol. The average Bonchev–Trinajstić information content (AvgIpc) is 2.61. The van der Waals surface area contributed by atoms with Gasteiger partial charge < -0.3 is 15.0 Å². The van der Waals surface area contributed by atoms with Crippen molar-refractivity contribution in [1.82, 2.24) is 9.55 Å². The van der Waals surface area contributed by atoms with Crippen LogP contribution in [0.1, 0.15) is 13.3 Å². The minimum Gasteiger partial charge on any atom is -0.466 e. The molecule has 0 atom stereocenters. The van der Waals surface area contributed by atoms with Gasteiger partial charge in [0.2, 0.25) is 5.95 Å². The van der Waals surface area contributed by atoms with Crippen LogP contribution in [0.3, 0.4) is 0 Å². The van der Waals surface area contributed by atoms with Crippen molar-refractivity contribution in [1.29, 1.82) is 0 Å². The molecular formula is C12H14IN3O2. The normalized spacial score (nSPS) is 10.8. The second-order valence-corrected chi connectivity index (χ2v) is 5.06. The first-order chi connectivity index (χ1) is 8.61. The van der Waals surface area contributed by atoms with Gasteiger partial charge in [-0.05, 0) is 47.7 Å². The molecule has 0 aliphatic heterocycles. The molecule has 0 saturated carbocycles. The summed E-state index contributed by atoms with van der Waals surface area (Å²) in [6.07, 6.45) is 0.301. The number of carbonyl (C=O) groups is 1. The molecule has 5 nitrogen and oxygen atoms in total. The molecule has 96 valence electrons. The standard InChI is InChI=1S/C12H14IN3O2/c1-2-18-11(17)5-6-16-10-4-3-8(13)7-9(10)15-12(16)14/h3-4,7H,2,5-6H2,1H3,(H2,14,15). The number of nitrogen functional groups attached to an aromatic ring is 1. The largest absolute Gasteiger partial charge is 0.466 e. The van der Waals surface area contributed by atoms with Crippen LogP contribution in [0.25, 0.3) is 11.0 Å². The summed E-state index contributed by atoms with van der Waals surface area (Å²) < 4.78 is 7.84. The van der Waals surface area contributed by atoms with Gasteiger partial charge in [0.25, 0.3) is 0 Å². The van der Waals surface area contributed by atoms with Crippen molar-refractivity contribution in [3.05, 3.63) is 21.8 Å². The minimum atomic E-state index is -0.218. The zero-order valence-electron chi connectivity index (χ0n) is 10.0. The zero-order valence-corrected chi connectivity index (χ0v) is 12.2. The second kappa shape index (κ2) is 5.55. The summed E-state index contributed by atoms with van der Waals surface area (Å²) in [7, 11) is 0. The molecule has 0 aliphatic rings. The summed E-state index contributed by atoms with van der Waals surface area (Å²) in [5.41, 5.74) is 7.65. The van der Waals surface area contributed by atoms with Crippen LogP contribution >= 0.6 is 22.6 Å². The quantitative estimate of drug-likeness (QED) is 0.671. The highest BCUT2D eigenvalue weighted by Crippen LogP contribution is 2.20. The van der Waals surface area contributed by atoms with Gasteiger partial charge in [0.1, 0.15) is 0 Å². The number of nitrogens with zero attached hydrogens (tertiary/aromatic N) is 2. The van der Waals surface area contributed by atoms with Gasteiger partial charge in [-0.2, -0.15) is 0 Å². The van der Waals surface area contributed by atoms with E-state index in [4.69, 9.17) is 10.5 Å². The zero-order chi connectivity index (χ0) is 13.1. The van der Waals surface area contributed by atoms with Crippen molar-refractivity contribution in [2.24, 2.45) is 0 Å². The van der Waals surface area contributed by atoms with E-state index in [1.165, 1.54) is 0 Å². The van der Waals surface area contributed by atoms with Crippen LogP contribution in [-0.2, 0) is 16.1 Å². The summed E-state index contributed by atoms with van der Waals surface area (Å²) >= 11 is 2.23. The fraction of sp³-hybridized carbons (Fsp3) is 0.333. The fourth-order valence-corrected chi connectivity index (χ4v) is 2.27. The van der Waals surface area contributed by atoms with Gasteiger partial charge in [-0.25, -0.2) is 4.98 Å². The fourth-order valence-electron chi connectivity index (χ4n) is 1.79. The van der Waals surface area contributed by atoms with Crippen molar-refractivity contribution in [3.63, 3.8) is 0 Å². The lowest BCUT2D eigenvalue weighted by molar-refractivity contribution is -0.143. The Labute approximate surface area is 118 Å². The number of rotatable bonds is 4. The third kappa shape index (κ3) is 2.74. The first-order valence-electron chi connectivity index (χ1n) is 5.68. The van der Waals surface area contributed by atoms with Crippen LogP contribution in [0.4, 0.5) is 5.95 Å². The highest BCUT2D eigenvalue weighted by Gasteiger charge is 2.10.